The maximum Gasteiger partial charge on any atom is 0.281 e. The third-order valence-corrected chi connectivity index (χ3v) is 7.45. The van der Waals surface area contributed by atoms with Crippen LogP contribution in [0.15, 0.2) is 12.4 Å². The van der Waals surface area contributed by atoms with Crippen LogP contribution >= 0.6 is 0 Å². The van der Waals surface area contributed by atoms with Crippen LogP contribution in [0.3, 0.4) is 0 Å². The molecule has 1 aliphatic carbocycles. The van der Waals surface area contributed by atoms with E-state index in [2.05, 4.69) is 9.97 Å². The van der Waals surface area contributed by atoms with Gasteiger partial charge in [0.05, 0.1) is 12.3 Å². The van der Waals surface area contributed by atoms with Crippen molar-refractivity contribution in [2.45, 2.75) is 44.4 Å². The number of hydrogen-bond donors (Lipinski definition) is 0. The van der Waals surface area contributed by atoms with E-state index in [0.29, 0.717) is 50.5 Å². The fourth-order valence-corrected chi connectivity index (χ4v) is 5.35. The second-order valence-corrected chi connectivity index (χ2v) is 9.25. The quantitative estimate of drug-likeness (QED) is 0.767. The fourth-order valence-electron chi connectivity index (χ4n) is 3.63. The molecule has 3 fully saturated rings. The van der Waals surface area contributed by atoms with Crippen LogP contribution in [0.2, 0.25) is 0 Å². The van der Waals surface area contributed by atoms with Crippen LogP contribution in [0.5, 0.6) is 5.88 Å². The molecule has 4 rings (SSSR count). The predicted molar refractivity (Wildman–Crippen MR) is 93.5 cm³/mol. The third-order valence-electron chi connectivity index (χ3n) is 5.42. The fraction of sp³-hybridized carbons (Fsp3) is 0.765. The molecule has 0 N–H and O–H groups in total. The van der Waals surface area contributed by atoms with Gasteiger partial charge in [-0.15, -0.1) is 0 Å². The summed E-state index contributed by atoms with van der Waals surface area (Å²) >= 11 is 0. The second-order valence-electron chi connectivity index (χ2n) is 7.32. The number of rotatable bonds is 6. The van der Waals surface area contributed by atoms with Gasteiger partial charge in [-0.25, -0.2) is 9.97 Å². The number of ether oxygens (including phenoxy) is 1. The van der Waals surface area contributed by atoms with E-state index in [-0.39, 0.29) is 0 Å². The highest BCUT2D eigenvalue weighted by molar-refractivity contribution is 7.86. The van der Waals surface area contributed by atoms with Crippen LogP contribution in [0, 0.1) is 5.92 Å². The van der Waals surface area contributed by atoms with Crippen molar-refractivity contribution in [2.75, 3.05) is 32.8 Å². The second kappa shape index (κ2) is 7.17. The van der Waals surface area contributed by atoms with Gasteiger partial charge in [0.15, 0.2) is 0 Å². The van der Waals surface area contributed by atoms with Crippen molar-refractivity contribution in [3.63, 3.8) is 0 Å². The molecule has 1 aromatic heterocycles. The standard InChI is InChI=1S/C17H26N4O3S/c22-25(23,20-7-1-2-8-20)21-9-5-14(6-10-21)12-24-17-11-16(15-3-4-15)18-13-19-17/h11,13-15H,1-10,12H2. The number of aromatic nitrogens is 2. The van der Waals surface area contributed by atoms with Gasteiger partial charge in [-0.2, -0.15) is 17.0 Å². The highest BCUT2D eigenvalue weighted by Crippen LogP contribution is 2.39. The minimum atomic E-state index is -3.26. The molecule has 3 heterocycles. The molecule has 0 amide bonds. The van der Waals surface area contributed by atoms with Crippen molar-refractivity contribution in [2.24, 2.45) is 5.92 Å². The van der Waals surface area contributed by atoms with E-state index in [0.717, 1.165) is 31.4 Å². The molecular weight excluding hydrogens is 340 g/mol. The smallest absolute Gasteiger partial charge is 0.281 e. The van der Waals surface area contributed by atoms with E-state index in [1.165, 1.54) is 12.8 Å². The maximum atomic E-state index is 12.6. The Bertz CT molecular complexity index is 694. The lowest BCUT2D eigenvalue weighted by Crippen LogP contribution is -2.46. The van der Waals surface area contributed by atoms with E-state index < -0.39 is 10.2 Å². The van der Waals surface area contributed by atoms with Crippen molar-refractivity contribution < 1.29 is 13.2 Å². The highest BCUT2D eigenvalue weighted by Gasteiger charge is 2.34. The van der Waals surface area contributed by atoms with Crippen molar-refractivity contribution in [1.82, 2.24) is 18.6 Å². The molecule has 2 saturated heterocycles. The van der Waals surface area contributed by atoms with E-state index in [9.17, 15) is 8.42 Å². The van der Waals surface area contributed by atoms with Crippen molar-refractivity contribution in [3.8, 4) is 5.88 Å². The first kappa shape index (κ1) is 17.2. The summed E-state index contributed by atoms with van der Waals surface area (Å²) in [5.74, 6) is 1.61. The van der Waals surface area contributed by atoms with Gasteiger partial charge in [-0.1, -0.05) is 0 Å². The molecule has 1 saturated carbocycles. The Morgan fingerprint density at radius 2 is 1.68 bits per heavy atom. The molecule has 3 aliphatic rings. The molecule has 0 atom stereocenters. The molecule has 0 bridgehead atoms. The molecule has 138 valence electrons. The molecule has 7 nitrogen and oxygen atoms in total. The van der Waals surface area contributed by atoms with Crippen LogP contribution in [0.1, 0.15) is 50.1 Å². The summed E-state index contributed by atoms with van der Waals surface area (Å²) in [4.78, 5) is 8.50. The molecule has 1 aromatic rings. The normalized spacial score (nSPS) is 23.8. The van der Waals surface area contributed by atoms with Gasteiger partial charge in [0, 0.05) is 38.2 Å². The van der Waals surface area contributed by atoms with Crippen molar-refractivity contribution in [3.05, 3.63) is 18.1 Å². The van der Waals surface area contributed by atoms with E-state index >= 15 is 0 Å². The lowest BCUT2D eigenvalue weighted by atomic mass is 9.99. The van der Waals surface area contributed by atoms with Crippen LogP contribution in [-0.4, -0.2) is 59.8 Å². The number of hydrogen-bond acceptors (Lipinski definition) is 5. The van der Waals surface area contributed by atoms with Gasteiger partial charge in [-0.3, -0.25) is 0 Å². The molecule has 0 aromatic carbocycles. The molecule has 25 heavy (non-hydrogen) atoms. The van der Waals surface area contributed by atoms with Crippen LogP contribution in [0.4, 0.5) is 0 Å². The number of piperidine rings is 1. The molecule has 0 radical (unpaired) electrons. The summed E-state index contributed by atoms with van der Waals surface area (Å²) in [7, 11) is -3.26. The Balaban J connectivity index is 1.27. The number of nitrogens with zero attached hydrogens (tertiary/aromatic N) is 4. The summed E-state index contributed by atoms with van der Waals surface area (Å²) in [6, 6.07) is 1.95. The monoisotopic (exact) mass is 366 g/mol. The Morgan fingerprint density at radius 3 is 2.36 bits per heavy atom. The van der Waals surface area contributed by atoms with Gasteiger partial charge < -0.3 is 4.74 Å². The van der Waals surface area contributed by atoms with Gasteiger partial charge in [-0.05, 0) is 44.4 Å². The summed E-state index contributed by atoms with van der Waals surface area (Å²) in [6.45, 7) is 3.11. The van der Waals surface area contributed by atoms with E-state index in [4.69, 9.17) is 4.74 Å². The minimum absolute atomic E-state index is 0.379. The van der Waals surface area contributed by atoms with E-state index in [1.807, 2.05) is 6.07 Å². The minimum Gasteiger partial charge on any atom is -0.477 e. The first-order valence-electron chi connectivity index (χ1n) is 9.33. The summed E-state index contributed by atoms with van der Waals surface area (Å²) in [6.07, 6.45) is 7.63. The molecular formula is C17H26N4O3S. The SMILES string of the molecule is O=S(=O)(N1CCCC1)N1CCC(COc2cc(C3CC3)ncn2)CC1. The highest BCUT2D eigenvalue weighted by atomic mass is 32.2. The first-order chi connectivity index (χ1) is 12.1. The van der Waals surface area contributed by atoms with Gasteiger partial charge in [0.25, 0.3) is 10.2 Å². The first-order valence-corrected chi connectivity index (χ1v) is 10.7. The Morgan fingerprint density at radius 1 is 1.00 bits per heavy atom. The Labute approximate surface area is 149 Å². The van der Waals surface area contributed by atoms with Crippen LogP contribution in [-0.2, 0) is 10.2 Å². The molecule has 2 aliphatic heterocycles. The van der Waals surface area contributed by atoms with Crippen LogP contribution < -0.4 is 4.74 Å². The average molecular weight is 366 g/mol. The lowest BCUT2D eigenvalue weighted by molar-refractivity contribution is 0.177. The Hall–Kier alpha value is -1.25. The largest absolute Gasteiger partial charge is 0.477 e. The molecule has 0 spiro atoms. The van der Waals surface area contributed by atoms with Gasteiger partial charge >= 0.3 is 0 Å². The molecule has 0 unspecified atom stereocenters. The van der Waals surface area contributed by atoms with Crippen molar-refractivity contribution in [1.29, 1.82) is 0 Å². The van der Waals surface area contributed by atoms with Crippen molar-refractivity contribution >= 4 is 10.2 Å². The summed E-state index contributed by atoms with van der Waals surface area (Å²) in [5, 5.41) is 0. The van der Waals surface area contributed by atoms with E-state index in [1.54, 1.807) is 14.9 Å². The topological polar surface area (TPSA) is 75.6 Å². The van der Waals surface area contributed by atoms with Crippen LogP contribution in [0.25, 0.3) is 0 Å². The zero-order valence-electron chi connectivity index (χ0n) is 14.5. The predicted octanol–water partition coefficient (Wildman–Crippen LogP) is 1.79. The summed E-state index contributed by atoms with van der Waals surface area (Å²) < 4.78 is 34.3. The third kappa shape index (κ3) is 3.96. The maximum absolute atomic E-state index is 12.6. The zero-order chi connectivity index (χ0) is 17.3. The van der Waals surface area contributed by atoms with Gasteiger partial charge in [0.1, 0.15) is 6.33 Å². The average Bonchev–Trinajstić information content (AvgIpc) is 3.34. The lowest BCUT2D eigenvalue weighted by Gasteiger charge is -2.33. The van der Waals surface area contributed by atoms with Gasteiger partial charge in [0.2, 0.25) is 5.88 Å². The summed E-state index contributed by atoms with van der Waals surface area (Å²) in [5.41, 5.74) is 1.08. The zero-order valence-corrected chi connectivity index (χ0v) is 15.3. The molecule has 8 heteroatoms. The Kier molecular flexibility index (Phi) is 4.92.